The molecule has 1 amide bonds. The van der Waals surface area contributed by atoms with Gasteiger partial charge in [-0.2, -0.15) is 0 Å². The van der Waals surface area contributed by atoms with Gasteiger partial charge in [0.15, 0.2) is 0 Å². The SMILES string of the molecule is CC(CCS(C)=O)NC(=O)c1ccc(C(=O)O)cn1. The summed E-state index contributed by atoms with van der Waals surface area (Å²) in [6.45, 7) is 1.82. The van der Waals surface area contributed by atoms with Gasteiger partial charge in [-0.3, -0.25) is 14.0 Å². The highest BCUT2D eigenvalue weighted by molar-refractivity contribution is 7.84. The number of hydrogen-bond donors (Lipinski definition) is 2. The summed E-state index contributed by atoms with van der Waals surface area (Å²) in [7, 11) is -0.886. The van der Waals surface area contributed by atoms with E-state index in [9.17, 15) is 13.8 Å². The minimum absolute atomic E-state index is 0.0333. The first-order valence-corrected chi connectivity index (χ1v) is 7.43. The van der Waals surface area contributed by atoms with Crippen molar-refractivity contribution in [2.24, 2.45) is 0 Å². The normalized spacial score (nSPS) is 13.6. The predicted molar refractivity (Wildman–Crippen MR) is 71.7 cm³/mol. The van der Waals surface area contributed by atoms with Gasteiger partial charge >= 0.3 is 5.97 Å². The highest BCUT2D eigenvalue weighted by Crippen LogP contribution is 2.02. The third kappa shape index (κ3) is 5.17. The quantitative estimate of drug-likeness (QED) is 0.800. The van der Waals surface area contributed by atoms with E-state index in [1.54, 1.807) is 6.26 Å². The van der Waals surface area contributed by atoms with Crippen LogP contribution in [0, 0.1) is 0 Å². The number of rotatable bonds is 6. The molecular formula is C12H16N2O4S. The van der Waals surface area contributed by atoms with E-state index < -0.39 is 16.8 Å². The van der Waals surface area contributed by atoms with Gasteiger partial charge in [-0.1, -0.05) is 0 Å². The molecule has 1 rings (SSSR count). The molecular weight excluding hydrogens is 268 g/mol. The first kappa shape index (κ1) is 15.3. The number of aromatic nitrogens is 1. The maximum Gasteiger partial charge on any atom is 0.337 e. The van der Waals surface area contributed by atoms with Gasteiger partial charge in [0.25, 0.3) is 5.91 Å². The first-order chi connectivity index (χ1) is 8.90. The Morgan fingerprint density at radius 1 is 1.47 bits per heavy atom. The van der Waals surface area contributed by atoms with Crippen LogP contribution in [-0.2, 0) is 10.8 Å². The Morgan fingerprint density at radius 2 is 2.16 bits per heavy atom. The molecule has 0 aliphatic carbocycles. The van der Waals surface area contributed by atoms with Gasteiger partial charge in [0, 0.05) is 35.0 Å². The van der Waals surface area contributed by atoms with Crippen molar-refractivity contribution in [3.63, 3.8) is 0 Å². The van der Waals surface area contributed by atoms with Gasteiger partial charge in [-0.15, -0.1) is 0 Å². The van der Waals surface area contributed by atoms with E-state index in [1.165, 1.54) is 12.1 Å². The Morgan fingerprint density at radius 3 is 2.63 bits per heavy atom. The average Bonchev–Trinajstić information content (AvgIpc) is 2.36. The second-order valence-corrected chi connectivity index (χ2v) is 5.73. The molecule has 7 heteroatoms. The highest BCUT2D eigenvalue weighted by atomic mass is 32.2. The molecule has 2 N–H and O–H groups in total. The number of hydrogen-bond acceptors (Lipinski definition) is 4. The number of carbonyl (C=O) groups is 2. The molecule has 1 aromatic rings. The number of nitrogens with one attached hydrogen (secondary N) is 1. The Kier molecular flexibility index (Phi) is 5.62. The van der Waals surface area contributed by atoms with E-state index in [1.807, 2.05) is 6.92 Å². The lowest BCUT2D eigenvalue weighted by atomic mass is 10.2. The molecule has 1 heterocycles. The van der Waals surface area contributed by atoms with Crippen LogP contribution in [0.5, 0.6) is 0 Å². The number of carbonyl (C=O) groups excluding carboxylic acids is 1. The second-order valence-electron chi connectivity index (χ2n) is 4.18. The summed E-state index contributed by atoms with van der Waals surface area (Å²) >= 11 is 0. The zero-order valence-corrected chi connectivity index (χ0v) is 11.6. The van der Waals surface area contributed by atoms with Crippen molar-refractivity contribution in [1.29, 1.82) is 0 Å². The fraction of sp³-hybridized carbons (Fsp3) is 0.417. The molecule has 2 atom stereocenters. The zero-order valence-electron chi connectivity index (χ0n) is 10.8. The minimum atomic E-state index is -1.08. The molecule has 19 heavy (non-hydrogen) atoms. The standard InChI is InChI=1S/C12H16N2O4S/c1-8(5-6-19(2)18)14-11(15)10-4-3-9(7-13-10)12(16)17/h3-4,7-8H,5-6H2,1-2H3,(H,14,15)(H,16,17). The van der Waals surface area contributed by atoms with E-state index in [0.29, 0.717) is 12.2 Å². The minimum Gasteiger partial charge on any atom is -0.478 e. The fourth-order valence-corrected chi connectivity index (χ4v) is 2.05. The van der Waals surface area contributed by atoms with Crippen LogP contribution in [0.4, 0.5) is 0 Å². The van der Waals surface area contributed by atoms with Gasteiger partial charge in [-0.05, 0) is 25.5 Å². The smallest absolute Gasteiger partial charge is 0.337 e. The molecule has 0 saturated heterocycles. The number of pyridine rings is 1. The lowest BCUT2D eigenvalue weighted by Gasteiger charge is -2.12. The van der Waals surface area contributed by atoms with Gasteiger partial charge in [0.05, 0.1) is 5.56 Å². The predicted octanol–water partition coefficient (Wildman–Crippen LogP) is 0.667. The molecule has 0 fully saturated rings. The number of amides is 1. The lowest BCUT2D eigenvalue weighted by Crippen LogP contribution is -2.34. The third-order valence-corrected chi connectivity index (χ3v) is 3.27. The number of aromatic carboxylic acids is 1. The van der Waals surface area contributed by atoms with Crippen LogP contribution < -0.4 is 5.32 Å². The van der Waals surface area contributed by atoms with Crippen LogP contribution in [0.2, 0.25) is 0 Å². The van der Waals surface area contributed by atoms with E-state index >= 15 is 0 Å². The molecule has 0 aromatic carbocycles. The molecule has 0 aliphatic rings. The summed E-state index contributed by atoms with van der Waals surface area (Å²) in [5.74, 6) is -0.933. The Labute approximate surface area is 113 Å². The van der Waals surface area contributed by atoms with Crippen molar-refractivity contribution in [1.82, 2.24) is 10.3 Å². The monoisotopic (exact) mass is 284 g/mol. The average molecular weight is 284 g/mol. The molecule has 0 bridgehead atoms. The van der Waals surface area contributed by atoms with Gasteiger partial charge < -0.3 is 10.4 Å². The lowest BCUT2D eigenvalue weighted by molar-refractivity contribution is 0.0695. The maximum absolute atomic E-state index is 11.8. The van der Waals surface area contributed by atoms with Crippen LogP contribution >= 0.6 is 0 Å². The highest BCUT2D eigenvalue weighted by Gasteiger charge is 2.12. The number of carboxylic acids is 1. The van der Waals surface area contributed by atoms with Crippen molar-refractivity contribution in [2.45, 2.75) is 19.4 Å². The van der Waals surface area contributed by atoms with Crippen LogP contribution in [0.3, 0.4) is 0 Å². The van der Waals surface area contributed by atoms with Crippen LogP contribution in [-0.4, -0.2) is 44.2 Å². The molecule has 0 radical (unpaired) electrons. The summed E-state index contributed by atoms with van der Waals surface area (Å²) in [5.41, 5.74) is 0.195. The van der Waals surface area contributed by atoms with E-state index in [4.69, 9.17) is 5.11 Å². The van der Waals surface area contributed by atoms with Gasteiger partial charge in [0.2, 0.25) is 0 Å². The maximum atomic E-state index is 11.8. The van der Waals surface area contributed by atoms with E-state index in [0.717, 1.165) is 6.20 Å². The third-order valence-electron chi connectivity index (χ3n) is 2.46. The Hall–Kier alpha value is -1.76. The molecule has 2 unspecified atom stereocenters. The van der Waals surface area contributed by atoms with E-state index in [2.05, 4.69) is 10.3 Å². The van der Waals surface area contributed by atoms with Crippen molar-refractivity contribution < 1.29 is 18.9 Å². The molecule has 1 aromatic heterocycles. The summed E-state index contributed by atoms with van der Waals surface area (Å²) in [6, 6.07) is 2.58. The summed E-state index contributed by atoms with van der Waals surface area (Å²) in [5, 5.41) is 11.4. The molecule has 6 nitrogen and oxygen atoms in total. The molecule has 0 saturated carbocycles. The van der Waals surface area contributed by atoms with E-state index in [-0.39, 0.29) is 23.2 Å². The molecule has 104 valence electrons. The van der Waals surface area contributed by atoms with Crippen LogP contribution in [0.15, 0.2) is 18.3 Å². The number of nitrogens with zero attached hydrogens (tertiary/aromatic N) is 1. The van der Waals surface area contributed by atoms with Crippen molar-refractivity contribution in [2.75, 3.05) is 12.0 Å². The largest absolute Gasteiger partial charge is 0.478 e. The topological polar surface area (TPSA) is 96.4 Å². The van der Waals surface area contributed by atoms with Crippen molar-refractivity contribution in [3.8, 4) is 0 Å². The fourth-order valence-electron chi connectivity index (χ4n) is 1.37. The Balaban J connectivity index is 2.58. The first-order valence-electron chi connectivity index (χ1n) is 5.70. The summed E-state index contributed by atoms with van der Waals surface area (Å²) in [6.07, 6.45) is 3.37. The van der Waals surface area contributed by atoms with Crippen molar-refractivity contribution in [3.05, 3.63) is 29.6 Å². The van der Waals surface area contributed by atoms with Gasteiger partial charge in [0.1, 0.15) is 5.69 Å². The second kappa shape index (κ2) is 6.98. The molecule has 0 spiro atoms. The summed E-state index contributed by atoms with van der Waals surface area (Å²) in [4.78, 5) is 26.2. The number of carboxylic acid groups (broad SMARTS) is 1. The van der Waals surface area contributed by atoms with Crippen molar-refractivity contribution >= 4 is 22.7 Å². The summed E-state index contributed by atoms with van der Waals surface area (Å²) < 4.78 is 10.9. The zero-order chi connectivity index (χ0) is 14.4. The molecule has 0 aliphatic heterocycles. The Bertz CT molecular complexity index is 487. The van der Waals surface area contributed by atoms with Crippen LogP contribution in [0.1, 0.15) is 34.2 Å². The van der Waals surface area contributed by atoms with Gasteiger partial charge in [-0.25, -0.2) is 4.79 Å². The van der Waals surface area contributed by atoms with Crippen LogP contribution in [0.25, 0.3) is 0 Å².